The highest BCUT2D eigenvalue weighted by Crippen LogP contribution is 2.45. The standard InChI is InChI=1S/C12H13BrO5/c1-3-6-7(9(14)12(15)16-2)4-8(13)11-10(6)17-5-18-11/h4,9,14H,3,5H2,1-2H3. The van der Waals surface area contributed by atoms with Crippen molar-refractivity contribution in [2.45, 2.75) is 19.4 Å². The molecule has 6 heteroatoms. The molecule has 1 aromatic carbocycles. The molecular formula is C12H13BrO5. The molecule has 0 aliphatic carbocycles. The molecule has 0 fully saturated rings. The molecule has 1 aliphatic heterocycles. The van der Waals surface area contributed by atoms with Crippen molar-refractivity contribution in [3.8, 4) is 11.5 Å². The summed E-state index contributed by atoms with van der Waals surface area (Å²) in [5.41, 5.74) is 1.23. The Balaban J connectivity index is 2.54. The molecule has 1 aromatic rings. The fraction of sp³-hybridized carbons (Fsp3) is 0.417. The summed E-state index contributed by atoms with van der Waals surface area (Å²) in [5.74, 6) is 0.480. The van der Waals surface area contributed by atoms with Gasteiger partial charge in [0, 0.05) is 5.56 Å². The molecule has 0 bridgehead atoms. The molecule has 2 rings (SSSR count). The van der Waals surface area contributed by atoms with E-state index in [1.807, 2.05) is 6.92 Å². The van der Waals surface area contributed by atoms with Gasteiger partial charge in [0.25, 0.3) is 0 Å². The second-order valence-electron chi connectivity index (χ2n) is 3.77. The monoisotopic (exact) mass is 316 g/mol. The van der Waals surface area contributed by atoms with Gasteiger partial charge in [-0.05, 0) is 34.0 Å². The van der Waals surface area contributed by atoms with E-state index in [9.17, 15) is 9.90 Å². The van der Waals surface area contributed by atoms with Crippen LogP contribution in [0.5, 0.6) is 11.5 Å². The second kappa shape index (κ2) is 5.16. The molecule has 1 heterocycles. The molecule has 1 atom stereocenters. The average molecular weight is 317 g/mol. The second-order valence-corrected chi connectivity index (χ2v) is 4.62. The van der Waals surface area contributed by atoms with Crippen LogP contribution in [0.15, 0.2) is 10.5 Å². The van der Waals surface area contributed by atoms with Crippen LogP contribution in [0.2, 0.25) is 0 Å². The SMILES string of the molecule is CCc1c(C(O)C(=O)OC)cc(Br)c2c1OCO2. The lowest BCUT2D eigenvalue weighted by molar-refractivity contribution is -0.150. The fourth-order valence-corrected chi connectivity index (χ4v) is 2.49. The number of esters is 1. The number of carbonyl (C=O) groups excluding carboxylic acids is 1. The Morgan fingerprint density at radius 1 is 1.56 bits per heavy atom. The highest BCUT2D eigenvalue weighted by Gasteiger charge is 2.29. The van der Waals surface area contributed by atoms with Crippen molar-refractivity contribution >= 4 is 21.9 Å². The predicted octanol–water partition coefficient (Wildman–Crippen LogP) is 1.95. The Kier molecular flexibility index (Phi) is 3.77. The highest BCUT2D eigenvalue weighted by molar-refractivity contribution is 9.10. The summed E-state index contributed by atoms with van der Waals surface area (Å²) in [6, 6.07) is 1.66. The molecule has 0 aromatic heterocycles. The average Bonchev–Trinajstić information content (AvgIpc) is 2.86. The first-order valence-corrected chi connectivity index (χ1v) is 6.26. The summed E-state index contributed by atoms with van der Waals surface area (Å²) >= 11 is 3.33. The van der Waals surface area contributed by atoms with Crippen molar-refractivity contribution in [2.24, 2.45) is 0 Å². The molecule has 1 aliphatic rings. The topological polar surface area (TPSA) is 65.0 Å². The maximum atomic E-state index is 11.4. The number of halogens is 1. The third kappa shape index (κ3) is 2.06. The molecule has 1 N–H and O–H groups in total. The van der Waals surface area contributed by atoms with E-state index in [4.69, 9.17) is 9.47 Å². The van der Waals surface area contributed by atoms with E-state index in [1.165, 1.54) is 7.11 Å². The van der Waals surface area contributed by atoms with Gasteiger partial charge in [-0.25, -0.2) is 4.79 Å². The first-order chi connectivity index (χ1) is 8.60. The number of methoxy groups -OCH3 is 1. The summed E-state index contributed by atoms with van der Waals surface area (Å²) in [6.07, 6.45) is -0.710. The number of rotatable bonds is 3. The van der Waals surface area contributed by atoms with Crippen molar-refractivity contribution < 1.29 is 24.1 Å². The van der Waals surface area contributed by atoms with Crippen LogP contribution >= 0.6 is 15.9 Å². The van der Waals surface area contributed by atoms with E-state index < -0.39 is 12.1 Å². The van der Waals surface area contributed by atoms with E-state index in [2.05, 4.69) is 20.7 Å². The number of hydrogen-bond acceptors (Lipinski definition) is 5. The lowest BCUT2D eigenvalue weighted by atomic mass is 9.99. The number of fused-ring (bicyclic) bond motifs is 1. The maximum absolute atomic E-state index is 11.4. The van der Waals surface area contributed by atoms with E-state index in [0.29, 0.717) is 28.0 Å². The Labute approximate surface area is 113 Å². The Morgan fingerprint density at radius 3 is 2.83 bits per heavy atom. The van der Waals surface area contributed by atoms with Gasteiger partial charge in [0.15, 0.2) is 17.6 Å². The molecule has 0 amide bonds. The van der Waals surface area contributed by atoms with Crippen LogP contribution in [0, 0.1) is 0 Å². The molecule has 18 heavy (non-hydrogen) atoms. The first-order valence-electron chi connectivity index (χ1n) is 5.46. The summed E-state index contributed by atoms with van der Waals surface area (Å²) in [4.78, 5) is 11.4. The predicted molar refractivity (Wildman–Crippen MR) is 66.6 cm³/mol. The highest BCUT2D eigenvalue weighted by atomic mass is 79.9. The lowest BCUT2D eigenvalue weighted by Gasteiger charge is -2.15. The Morgan fingerprint density at radius 2 is 2.22 bits per heavy atom. The molecule has 0 saturated heterocycles. The molecule has 98 valence electrons. The minimum Gasteiger partial charge on any atom is -0.467 e. The minimum atomic E-state index is -1.32. The molecule has 0 spiro atoms. The summed E-state index contributed by atoms with van der Waals surface area (Å²) in [5, 5.41) is 9.96. The largest absolute Gasteiger partial charge is 0.467 e. The molecule has 5 nitrogen and oxygen atoms in total. The number of aliphatic hydroxyl groups excluding tert-OH is 1. The minimum absolute atomic E-state index is 0.138. The zero-order chi connectivity index (χ0) is 13.3. The number of aliphatic hydroxyl groups is 1. The fourth-order valence-electron chi connectivity index (χ4n) is 1.95. The van der Waals surface area contributed by atoms with Crippen molar-refractivity contribution in [1.82, 2.24) is 0 Å². The van der Waals surface area contributed by atoms with Crippen molar-refractivity contribution in [3.05, 3.63) is 21.7 Å². The van der Waals surface area contributed by atoms with Crippen LogP contribution in [0.25, 0.3) is 0 Å². The van der Waals surface area contributed by atoms with Crippen molar-refractivity contribution in [2.75, 3.05) is 13.9 Å². The van der Waals surface area contributed by atoms with Gasteiger partial charge in [0.1, 0.15) is 0 Å². The van der Waals surface area contributed by atoms with Crippen molar-refractivity contribution in [3.63, 3.8) is 0 Å². The zero-order valence-electron chi connectivity index (χ0n) is 10.0. The van der Waals surface area contributed by atoms with Crippen LogP contribution in [0.4, 0.5) is 0 Å². The summed E-state index contributed by atoms with van der Waals surface area (Å²) in [7, 11) is 1.24. The van der Waals surface area contributed by atoms with E-state index in [-0.39, 0.29) is 6.79 Å². The van der Waals surface area contributed by atoms with Gasteiger partial charge in [-0.15, -0.1) is 0 Å². The van der Waals surface area contributed by atoms with Gasteiger partial charge in [-0.3, -0.25) is 0 Å². The van der Waals surface area contributed by atoms with Gasteiger partial charge >= 0.3 is 5.97 Å². The van der Waals surface area contributed by atoms with Crippen LogP contribution in [0.3, 0.4) is 0 Å². The van der Waals surface area contributed by atoms with Gasteiger partial charge < -0.3 is 19.3 Å². The third-order valence-corrected chi connectivity index (χ3v) is 3.40. The van der Waals surface area contributed by atoms with E-state index in [1.54, 1.807) is 6.07 Å². The van der Waals surface area contributed by atoms with E-state index >= 15 is 0 Å². The number of benzene rings is 1. The Hall–Kier alpha value is -1.27. The zero-order valence-corrected chi connectivity index (χ0v) is 11.6. The normalized spacial score (nSPS) is 14.4. The summed E-state index contributed by atoms with van der Waals surface area (Å²) in [6.45, 7) is 2.05. The quantitative estimate of drug-likeness (QED) is 0.863. The Bertz CT molecular complexity index is 486. The smallest absolute Gasteiger partial charge is 0.339 e. The lowest BCUT2D eigenvalue weighted by Crippen LogP contribution is -2.15. The van der Waals surface area contributed by atoms with Gasteiger partial charge in [0.05, 0.1) is 11.6 Å². The molecule has 0 radical (unpaired) electrons. The molecular weight excluding hydrogens is 304 g/mol. The van der Waals surface area contributed by atoms with Crippen LogP contribution in [-0.4, -0.2) is 25.0 Å². The first kappa shape index (κ1) is 13.2. The molecule has 0 saturated carbocycles. The number of carbonyl (C=O) groups is 1. The third-order valence-electron chi connectivity index (χ3n) is 2.81. The number of ether oxygens (including phenoxy) is 3. The van der Waals surface area contributed by atoms with Gasteiger partial charge in [-0.2, -0.15) is 0 Å². The van der Waals surface area contributed by atoms with E-state index in [0.717, 1.165) is 5.56 Å². The summed E-state index contributed by atoms with van der Waals surface area (Å²) < 4.78 is 15.9. The maximum Gasteiger partial charge on any atom is 0.339 e. The van der Waals surface area contributed by atoms with Crippen molar-refractivity contribution in [1.29, 1.82) is 0 Å². The van der Waals surface area contributed by atoms with Crippen LogP contribution in [-0.2, 0) is 16.0 Å². The van der Waals surface area contributed by atoms with Crippen LogP contribution < -0.4 is 9.47 Å². The van der Waals surface area contributed by atoms with Gasteiger partial charge in [-0.1, -0.05) is 6.92 Å². The van der Waals surface area contributed by atoms with Crippen LogP contribution in [0.1, 0.15) is 24.2 Å². The number of hydrogen-bond donors (Lipinski definition) is 1. The molecule has 1 unspecified atom stereocenters. The van der Waals surface area contributed by atoms with Gasteiger partial charge in [0.2, 0.25) is 6.79 Å².